The Morgan fingerprint density at radius 2 is 2.19 bits per heavy atom. The predicted octanol–water partition coefficient (Wildman–Crippen LogP) is 3.63. The summed E-state index contributed by atoms with van der Waals surface area (Å²) >= 11 is 0. The average molecular weight is 490 g/mol. The monoisotopic (exact) mass is 490 g/mol. The van der Waals surface area contributed by atoms with Gasteiger partial charge in [0.1, 0.15) is 5.82 Å². The summed E-state index contributed by atoms with van der Waals surface area (Å²) in [5.74, 6) is 0.680. The lowest BCUT2D eigenvalue weighted by atomic mass is 10.0. The van der Waals surface area contributed by atoms with Gasteiger partial charge >= 0.3 is 0 Å². The molecule has 1 fully saturated rings. The van der Waals surface area contributed by atoms with Crippen LogP contribution in [0.15, 0.2) is 29.3 Å². The van der Waals surface area contributed by atoms with Crippen LogP contribution in [0.1, 0.15) is 45.1 Å². The van der Waals surface area contributed by atoms with Gasteiger partial charge in [0, 0.05) is 39.1 Å². The SMILES string of the molecule is CCNC(=NCCC(=O)N1CCCCC1C)N(C)Cc1cccc(F)c1.I. The second kappa shape index (κ2) is 12.2. The van der Waals surface area contributed by atoms with Crippen LogP contribution >= 0.6 is 24.0 Å². The summed E-state index contributed by atoms with van der Waals surface area (Å²) in [5.41, 5.74) is 0.885. The number of carbonyl (C=O) groups is 1. The molecule has 0 aliphatic carbocycles. The zero-order chi connectivity index (χ0) is 18.9. The molecule has 0 bridgehead atoms. The van der Waals surface area contributed by atoms with Crippen LogP contribution in [0.3, 0.4) is 0 Å². The summed E-state index contributed by atoms with van der Waals surface area (Å²) in [6.07, 6.45) is 3.82. The number of rotatable bonds is 6. The molecule has 1 aliphatic rings. The van der Waals surface area contributed by atoms with Crippen LogP contribution in [-0.2, 0) is 11.3 Å². The fourth-order valence-electron chi connectivity index (χ4n) is 3.32. The van der Waals surface area contributed by atoms with Gasteiger partial charge in [-0.15, -0.1) is 24.0 Å². The third kappa shape index (κ3) is 7.63. The summed E-state index contributed by atoms with van der Waals surface area (Å²) in [4.78, 5) is 20.9. The number of amides is 1. The maximum Gasteiger partial charge on any atom is 0.224 e. The molecule has 1 heterocycles. The van der Waals surface area contributed by atoms with Gasteiger partial charge in [0.15, 0.2) is 5.96 Å². The van der Waals surface area contributed by atoms with E-state index in [2.05, 4.69) is 17.2 Å². The van der Waals surface area contributed by atoms with Gasteiger partial charge in [0.25, 0.3) is 0 Å². The maximum atomic E-state index is 13.4. The van der Waals surface area contributed by atoms with Gasteiger partial charge in [-0.3, -0.25) is 9.79 Å². The molecule has 0 radical (unpaired) electrons. The average Bonchev–Trinajstić information content (AvgIpc) is 2.61. The molecule has 0 aromatic heterocycles. The summed E-state index contributed by atoms with van der Waals surface area (Å²) in [6.45, 7) is 6.74. The summed E-state index contributed by atoms with van der Waals surface area (Å²) in [5, 5.41) is 3.24. The van der Waals surface area contributed by atoms with Gasteiger partial charge in [-0.25, -0.2) is 4.39 Å². The van der Waals surface area contributed by atoms with E-state index in [9.17, 15) is 9.18 Å². The van der Waals surface area contributed by atoms with Crippen molar-refractivity contribution in [1.29, 1.82) is 0 Å². The number of aliphatic imine (C=N–C) groups is 1. The second-order valence-corrected chi connectivity index (χ2v) is 6.90. The first kappa shape index (κ1) is 23.7. The highest BCUT2D eigenvalue weighted by molar-refractivity contribution is 14.0. The van der Waals surface area contributed by atoms with Crippen molar-refractivity contribution >= 4 is 35.8 Å². The predicted molar refractivity (Wildman–Crippen MR) is 119 cm³/mol. The lowest BCUT2D eigenvalue weighted by Crippen LogP contribution is -2.42. The van der Waals surface area contributed by atoms with Crippen LogP contribution in [0, 0.1) is 5.82 Å². The van der Waals surface area contributed by atoms with Crippen molar-refractivity contribution in [2.24, 2.45) is 4.99 Å². The Labute approximate surface area is 179 Å². The van der Waals surface area contributed by atoms with Crippen LogP contribution in [0.2, 0.25) is 0 Å². The lowest BCUT2D eigenvalue weighted by molar-refractivity contribution is -0.134. The van der Waals surface area contributed by atoms with E-state index in [0.717, 1.165) is 37.5 Å². The molecule has 0 spiro atoms. The van der Waals surface area contributed by atoms with Crippen molar-refractivity contribution < 1.29 is 9.18 Å². The first-order valence-corrected chi connectivity index (χ1v) is 9.54. The van der Waals surface area contributed by atoms with Crippen molar-refractivity contribution in [3.63, 3.8) is 0 Å². The highest BCUT2D eigenvalue weighted by Crippen LogP contribution is 2.17. The van der Waals surface area contributed by atoms with E-state index in [4.69, 9.17) is 0 Å². The van der Waals surface area contributed by atoms with Gasteiger partial charge in [0.2, 0.25) is 5.91 Å². The Kier molecular flexibility index (Phi) is 10.6. The maximum absolute atomic E-state index is 13.4. The van der Waals surface area contributed by atoms with Crippen molar-refractivity contribution in [2.75, 3.05) is 26.7 Å². The minimum atomic E-state index is -0.237. The molecule has 1 aliphatic heterocycles. The van der Waals surface area contributed by atoms with E-state index in [-0.39, 0.29) is 35.7 Å². The molecule has 5 nitrogen and oxygen atoms in total. The summed E-state index contributed by atoms with van der Waals surface area (Å²) in [7, 11) is 1.92. The molecule has 1 aromatic carbocycles. The van der Waals surface area contributed by atoms with Gasteiger partial charge in [-0.1, -0.05) is 12.1 Å². The van der Waals surface area contributed by atoms with Crippen molar-refractivity contribution in [2.45, 2.75) is 52.1 Å². The number of halogens is 2. The highest BCUT2D eigenvalue weighted by atomic mass is 127. The third-order valence-corrected chi connectivity index (χ3v) is 4.72. The molecule has 1 unspecified atom stereocenters. The number of guanidine groups is 1. The number of nitrogens with zero attached hydrogens (tertiary/aromatic N) is 3. The second-order valence-electron chi connectivity index (χ2n) is 6.90. The molecule has 1 atom stereocenters. The van der Waals surface area contributed by atoms with Crippen molar-refractivity contribution in [3.8, 4) is 0 Å². The minimum Gasteiger partial charge on any atom is -0.357 e. The largest absolute Gasteiger partial charge is 0.357 e. The standard InChI is InChI=1S/C20H31FN4O.HI/c1-4-22-20(24(3)15-17-9-7-10-18(21)14-17)23-12-11-19(26)25-13-6-5-8-16(25)2;/h7,9-10,14,16H,4-6,8,11-13,15H2,1-3H3,(H,22,23);1H. The lowest BCUT2D eigenvalue weighted by Gasteiger charge is -2.33. The zero-order valence-corrected chi connectivity index (χ0v) is 18.9. The van der Waals surface area contributed by atoms with Crippen LogP contribution < -0.4 is 5.32 Å². The Balaban J connectivity index is 0.00000364. The summed E-state index contributed by atoms with van der Waals surface area (Å²) in [6, 6.07) is 6.91. The van der Waals surface area contributed by atoms with Crippen LogP contribution in [-0.4, -0.2) is 54.4 Å². The number of piperidine rings is 1. The fourth-order valence-corrected chi connectivity index (χ4v) is 3.32. The molecule has 7 heteroatoms. The number of hydrogen-bond donors (Lipinski definition) is 1. The topological polar surface area (TPSA) is 47.9 Å². The van der Waals surface area contributed by atoms with Gasteiger partial charge in [-0.2, -0.15) is 0 Å². The van der Waals surface area contributed by atoms with Crippen molar-refractivity contribution in [3.05, 3.63) is 35.6 Å². The quantitative estimate of drug-likeness (QED) is 0.377. The van der Waals surface area contributed by atoms with Crippen molar-refractivity contribution in [1.82, 2.24) is 15.1 Å². The smallest absolute Gasteiger partial charge is 0.224 e. The first-order chi connectivity index (χ1) is 12.5. The molecule has 27 heavy (non-hydrogen) atoms. The Hall–Kier alpha value is -1.38. The first-order valence-electron chi connectivity index (χ1n) is 9.54. The number of hydrogen-bond acceptors (Lipinski definition) is 2. The fraction of sp³-hybridized carbons (Fsp3) is 0.600. The Morgan fingerprint density at radius 1 is 1.41 bits per heavy atom. The molecule has 1 aromatic rings. The number of carbonyl (C=O) groups excluding carboxylic acids is 1. The van der Waals surface area contributed by atoms with Crippen LogP contribution in [0.5, 0.6) is 0 Å². The van der Waals surface area contributed by atoms with E-state index >= 15 is 0 Å². The van der Waals surface area contributed by atoms with Crippen LogP contribution in [0.25, 0.3) is 0 Å². The molecular weight excluding hydrogens is 458 g/mol. The highest BCUT2D eigenvalue weighted by Gasteiger charge is 2.22. The zero-order valence-electron chi connectivity index (χ0n) is 16.6. The Morgan fingerprint density at radius 3 is 2.85 bits per heavy atom. The third-order valence-electron chi connectivity index (χ3n) is 4.72. The van der Waals surface area contributed by atoms with Crippen LogP contribution in [0.4, 0.5) is 4.39 Å². The number of nitrogens with one attached hydrogen (secondary N) is 1. The molecule has 1 amide bonds. The van der Waals surface area contributed by atoms with E-state index in [1.165, 1.54) is 18.6 Å². The minimum absolute atomic E-state index is 0. The van der Waals surface area contributed by atoms with Gasteiger partial charge in [0.05, 0.1) is 6.54 Å². The Bertz CT molecular complexity index is 626. The molecule has 1 saturated heterocycles. The molecule has 0 saturated carbocycles. The van der Waals surface area contributed by atoms with E-state index in [1.54, 1.807) is 6.07 Å². The summed E-state index contributed by atoms with van der Waals surface area (Å²) < 4.78 is 13.4. The number of benzene rings is 1. The number of likely N-dealkylation sites (tertiary alicyclic amines) is 1. The van der Waals surface area contributed by atoms with E-state index in [1.807, 2.05) is 29.8 Å². The molecule has 1 N–H and O–H groups in total. The van der Waals surface area contributed by atoms with E-state index < -0.39 is 0 Å². The van der Waals surface area contributed by atoms with E-state index in [0.29, 0.717) is 25.6 Å². The molecule has 152 valence electrons. The molecular formula is C20H32FIN4O. The normalized spacial score (nSPS) is 17.3. The van der Waals surface area contributed by atoms with Gasteiger partial charge in [-0.05, 0) is 50.8 Å². The molecule has 2 rings (SSSR count). The van der Waals surface area contributed by atoms with Gasteiger partial charge < -0.3 is 15.1 Å².